The van der Waals surface area contributed by atoms with Gasteiger partial charge < -0.3 is 5.32 Å². The molecule has 10 heteroatoms. The molecule has 4 aliphatic rings. The van der Waals surface area contributed by atoms with Crippen molar-refractivity contribution in [3.63, 3.8) is 0 Å². The maximum atomic E-state index is 16.1. The number of aryl methyl sites for hydroxylation is 1. The van der Waals surface area contributed by atoms with E-state index in [1.165, 1.54) is 24.5 Å². The molecule has 8 bridgehead atoms. The zero-order valence-electron chi connectivity index (χ0n) is 25.8. The van der Waals surface area contributed by atoms with Crippen LogP contribution in [0.15, 0.2) is 35.4 Å². The number of nitriles is 1. The monoisotopic (exact) mass is 606 g/mol. The van der Waals surface area contributed by atoms with Crippen LogP contribution in [-0.4, -0.2) is 38.1 Å². The molecule has 3 atom stereocenters. The lowest BCUT2D eigenvalue weighted by Gasteiger charge is -2.47. The summed E-state index contributed by atoms with van der Waals surface area (Å²) >= 11 is 0. The molecule has 7 nitrogen and oxygen atoms in total. The minimum absolute atomic E-state index is 0.112. The molecule has 1 saturated heterocycles. The summed E-state index contributed by atoms with van der Waals surface area (Å²) in [4.78, 5) is 24.9. The standard InChI is InChI=1S/C34H41F3N6O/c1-22-24-10-9-11-26(28(24)35)34(36,37)23-12-17-42(32(2,3)19-23)15-7-5-4-6-8-16-43-30-25(29(41-22)39-21-40-30)18-27(31(43)44)33(20-38)13-14-33/h9-11,18,21-23H,4-8,12-17,19H2,1-3H3,(H,39,40,41)/t22-,23?/m1/s1. The molecular formula is C34H41F3N6O. The lowest BCUT2D eigenvalue weighted by Crippen LogP contribution is -2.52. The van der Waals surface area contributed by atoms with Crippen LogP contribution in [0.25, 0.3) is 11.0 Å². The third-order valence-electron chi connectivity index (χ3n) is 10.2. The van der Waals surface area contributed by atoms with Crippen LogP contribution in [0.5, 0.6) is 0 Å². The molecule has 1 aromatic carbocycles. The smallest absolute Gasteiger partial charge is 0.278 e. The number of benzene rings is 1. The fourth-order valence-electron chi connectivity index (χ4n) is 7.33. The normalized spacial score (nSPS) is 26.3. The first kappa shape index (κ1) is 30.6. The average Bonchev–Trinajstić information content (AvgIpc) is 3.78. The van der Waals surface area contributed by atoms with E-state index >= 15 is 13.2 Å². The minimum atomic E-state index is -3.33. The van der Waals surface area contributed by atoms with Crippen molar-refractivity contribution < 1.29 is 13.2 Å². The Bertz CT molecular complexity index is 1660. The van der Waals surface area contributed by atoms with Crippen LogP contribution in [0, 0.1) is 23.1 Å². The Morgan fingerprint density at radius 3 is 2.45 bits per heavy atom. The van der Waals surface area contributed by atoms with E-state index < -0.39 is 40.2 Å². The average molecular weight is 607 g/mol. The molecular weight excluding hydrogens is 565 g/mol. The van der Waals surface area contributed by atoms with E-state index in [0.29, 0.717) is 54.8 Å². The zero-order valence-corrected chi connectivity index (χ0v) is 25.8. The Hall–Kier alpha value is -3.45. The molecule has 2 fully saturated rings. The molecule has 44 heavy (non-hydrogen) atoms. The number of piperidine rings is 1. The van der Waals surface area contributed by atoms with Gasteiger partial charge in [-0.05, 0) is 78.5 Å². The number of nitrogens with one attached hydrogen (secondary N) is 1. The molecule has 5 heterocycles. The van der Waals surface area contributed by atoms with E-state index in [9.17, 15) is 10.1 Å². The second-order valence-electron chi connectivity index (χ2n) is 13.6. The SMILES string of the molecule is C[C@H]1Nc2ncnc3c2cc(C2(C#N)CC2)c(=O)n3CCCCCCCN2CCC(CC2(C)C)C(F)(F)c2cccc1c2F. The van der Waals surface area contributed by atoms with Gasteiger partial charge >= 0.3 is 0 Å². The van der Waals surface area contributed by atoms with Gasteiger partial charge in [-0.2, -0.15) is 5.26 Å². The highest BCUT2D eigenvalue weighted by Gasteiger charge is 2.49. The van der Waals surface area contributed by atoms with Crippen LogP contribution in [0.4, 0.5) is 19.0 Å². The van der Waals surface area contributed by atoms with E-state index in [-0.39, 0.29) is 17.5 Å². The maximum Gasteiger partial charge on any atom is 0.278 e. The number of alkyl halides is 2. The largest absolute Gasteiger partial charge is 0.363 e. The summed E-state index contributed by atoms with van der Waals surface area (Å²) < 4.78 is 50.0. The molecule has 3 aliphatic heterocycles. The van der Waals surface area contributed by atoms with Crippen molar-refractivity contribution in [1.29, 1.82) is 5.26 Å². The van der Waals surface area contributed by atoms with Crippen LogP contribution < -0.4 is 10.9 Å². The first-order valence-corrected chi connectivity index (χ1v) is 16.0. The highest BCUT2D eigenvalue weighted by Crippen LogP contribution is 2.48. The Morgan fingerprint density at radius 2 is 1.75 bits per heavy atom. The van der Waals surface area contributed by atoms with Gasteiger partial charge in [-0.3, -0.25) is 14.3 Å². The lowest BCUT2D eigenvalue weighted by molar-refractivity contribution is -0.111. The Balaban J connectivity index is 1.44. The van der Waals surface area contributed by atoms with Gasteiger partial charge in [-0.1, -0.05) is 37.5 Å². The number of fused-ring (bicyclic) bond motifs is 9. The molecule has 3 aromatic rings. The first-order valence-electron chi connectivity index (χ1n) is 16.0. The molecule has 0 spiro atoms. The van der Waals surface area contributed by atoms with Crippen molar-refractivity contribution >= 4 is 16.9 Å². The highest BCUT2D eigenvalue weighted by atomic mass is 19.3. The molecule has 1 saturated carbocycles. The van der Waals surface area contributed by atoms with Gasteiger partial charge in [0.2, 0.25) is 0 Å². The number of nitrogens with zero attached hydrogens (tertiary/aromatic N) is 5. The number of hydrogen-bond donors (Lipinski definition) is 1. The van der Waals surface area contributed by atoms with Gasteiger partial charge in [0.1, 0.15) is 23.6 Å². The van der Waals surface area contributed by atoms with E-state index in [1.807, 2.05) is 13.8 Å². The number of hydrogen-bond acceptors (Lipinski definition) is 6. The van der Waals surface area contributed by atoms with Crippen molar-refractivity contribution in [2.75, 3.05) is 18.4 Å². The summed E-state index contributed by atoms with van der Waals surface area (Å²) in [5.41, 5.74) is -1.05. The van der Waals surface area contributed by atoms with Crippen molar-refractivity contribution in [1.82, 2.24) is 19.4 Å². The van der Waals surface area contributed by atoms with Crippen molar-refractivity contribution in [2.45, 2.75) is 108 Å². The van der Waals surface area contributed by atoms with E-state index in [2.05, 4.69) is 26.3 Å². The Labute approximate surface area is 256 Å². The number of halogens is 3. The predicted molar refractivity (Wildman–Crippen MR) is 164 cm³/mol. The fourth-order valence-corrected chi connectivity index (χ4v) is 7.33. The maximum absolute atomic E-state index is 16.1. The minimum Gasteiger partial charge on any atom is -0.363 e. The number of anilines is 1. The number of aromatic nitrogens is 3. The molecule has 2 unspecified atom stereocenters. The Kier molecular flexibility index (Phi) is 7.98. The molecule has 234 valence electrons. The van der Waals surface area contributed by atoms with Crippen LogP contribution in [0.1, 0.15) is 101 Å². The summed E-state index contributed by atoms with van der Waals surface area (Å²) in [5.74, 6) is -4.85. The van der Waals surface area contributed by atoms with Gasteiger partial charge in [0.05, 0.1) is 28.5 Å². The number of rotatable bonds is 1. The second-order valence-corrected chi connectivity index (χ2v) is 13.6. The van der Waals surface area contributed by atoms with Crippen molar-refractivity contribution in [3.8, 4) is 6.07 Å². The summed E-state index contributed by atoms with van der Waals surface area (Å²) in [6.07, 6.45) is 7.85. The highest BCUT2D eigenvalue weighted by molar-refractivity contribution is 5.87. The van der Waals surface area contributed by atoms with Gasteiger partial charge in [0.25, 0.3) is 11.5 Å². The summed E-state index contributed by atoms with van der Waals surface area (Å²) in [6.45, 7) is 7.59. The van der Waals surface area contributed by atoms with Crippen molar-refractivity contribution in [3.05, 3.63) is 63.5 Å². The molecule has 1 aliphatic carbocycles. The summed E-state index contributed by atoms with van der Waals surface area (Å²) in [5, 5.41) is 13.7. The molecule has 2 aromatic heterocycles. The van der Waals surface area contributed by atoms with E-state index in [0.717, 1.165) is 38.6 Å². The quantitative estimate of drug-likeness (QED) is 0.315. The van der Waals surface area contributed by atoms with E-state index in [1.54, 1.807) is 17.6 Å². The van der Waals surface area contributed by atoms with Crippen LogP contribution >= 0.6 is 0 Å². The van der Waals surface area contributed by atoms with Gasteiger partial charge in [-0.25, -0.2) is 23.1 Å². The van der Waals surface area contributed by atoms with Crippen LogP contribution in [-0.2, 0) is 17.9 Å². The summed E-state index contributed by atoms with van der Waals surface area (Å²) in [7, 11) is 0. The van der Waals surface area contributed by atoms with Crippen molar-refractivity contribution in [2.24, 2.45) is 5.92 Å². The predicted octanol–water partition coefficient (Wildman–Crippen LogP) is 7.21. The Morgan fingerprint density at radius 1 is 1.02 bits per heavy atom. The summed E-state index contributed by atoms with van der Waals surface area (Å²) in [6, 6.07) is 7.55. The van der Waals surface area contributed by atoms with Gasteiger partial charge in [0.15, 0.2) is 0 Å². The van der Waals surface area contributed by atoms with Crippen LogP contribution in [0.3, 0.4) is 0 Å². The van der Waals surface area contributed by atoms with Gasteiger partial charge in [0, 0.05) is 29.1 Å². The van der Waals surface area contributed by atoms with E-state index in [4.69, 9.17) is 0 Å². The third kappa shape index (κ3) is 5.38. The topological polar surface area (TPSA) is 86.8 Å². The van der Waals surface area contributed by atoms with Crippen LogP contribution in [0.2, 0.25) is 0 Å². The molecule has 0 amide bonds. The van der Waals surface area contributed by atoms with Gasteiger partial charge in [-0.15, -0.1) is 0 Å². The third-order valence-corrected chi connectivity index (χ3v) is 10.2. The lowest BCUT2D eigenvalue weighted by atomic mass is 9.77. The molecule has 1 N–H and O–H groups in total. The fraction of sp³-hybridized carbons (Fsp3) is 0.588. The molecule has 0 radical (unpaired) electrons. The zero-order chi connectivity index (χ0) is 31.3. The molecule has 7 rings (SSSR count). The first-order chi connectivity index (χ1) is 21.0. The number of pyridine rings is 1. The second kappa shape index (κ2) is 11.5.